The molecule has 1 saturated heterocycles. The number of hydrogen-bond donors (Lipinski definition) is 0. The second-order valence-corrected chi connectivity index (χ2v) is 5.68. The smallest absolute Gasteiger partial charge is 0.225 e. The monoisotopic (exact) mass is 195 g/mol. The van der Waals surface area contributed by atoms with Gasteiger partial charge in [-0.15, -0.1) is 6.58 Å². The normalized spacial score (nSPS) is 23.4. The molecule has 2 heteroatoms. The van der Waals surface area contributed by atoms with Gasteiger partial charge in [-0.25, -0.2) is 0 Å². The van der Waals surface area contributed by atoms with Crippen molar-refractivity contribution >= 4 is 5.91 Å². The van der Waals surface area contributed by atoms with E-state index in [1.165, 1.54) is 0 Å². The van der Waals surface area contributed by atoms with Crippen molar-refractivity contribution in [1.29, 1.82) is 0 Å². The van der Waals surface area contributed by atoms with E-state index >= 15 is 0 Å². The fourth-order valence-electron chi connectivity index (χ4n) is 1.99. The van der Waals surface area contributed by atoms with E-state index in [0.717, 1.165) is 0 Å². The maximum absolute atomic E-state index is 11.5. The Morgan fingerprint density at radius 3 is 2.14 bits per heavy atom. The number of amides is 1. The Hall–Kier alpha value is -0.790. The second kappa shape index (κ2) is 3.11. The van der Waals surface area contributed by atoms with E-state index in [9.17, 15) is 4.79 Å². The molecule has 0 saturated carbocycles. The highest BCUT2D eigenvalue weighted by Crippen LogP contribution is 2.40. The number of likely N-dealkylation sites (tertiary alicyclic amines) is 1. The fraction of sp³-hybridized carbons (Fsp3) is 0.750. The summed E-state index contributed by atoms with van der Waals surface area (Å²) >= 11 is 0. The molecule has 0 N–H and O–H groups in total. The fourth-order valence-corrected chi connectivity index (χ4v) is 1.99. The van der Waals surface area contributed by atoms with Crippen LogP contribution in [0.5, 0.6) is 0 Å². The van der Waals surface area contributed by atoms with Gasteiger partial charge in [-0.1, -0.05) is 19.9 Å². The SMILES string of the molecule is C=CC(C)(C)C1CC(=O)N1C(C)(C)C. The third-order valence-corrected chi connectivity index (χ3v) is 3.06. The molecule has 0 aromatic carbocycles. The highest BCUT2D eigenvalue weighted by Gasteiger charge is 2.48. The van der Waals surface area contributed by atoms with E-state index in [1.807, 2.05) is 11.0 Å². The Bertz CT molecular complexity index is 260. The molecule has 0 aliphatic carbocycles. The quantitative estimate of drug-likeness (QED) is 0.490. The third-order valence-electron chi connectivity index (χ3n) is 3.06. The van der Waals surface area contributed by atoms with E-state index in [0.29, 0.717) is 12.5 Å². The van der Waals surface area contributed by atoms with Crippen molar-refractivity contribution in [2.24, 2.45) is 5.41 Å². The van der Waals surface area contributed by atoms with Crippen LogP contribution in [0.2, 0.25) is 0 Å². The van der Waals surface area contributed by atoms with Gasteiger partial charge >= 0.3 is 0 Å². The second-order valence-electron chi connectivity index (χ2n) is 5.68. The van der Waals surface area contributed by atoms with E-state index < -0.39 is 0 Å². The van der Waals surface area contributed by atoms with Crippen molar-refractivity contribution in [1.82, 2.24) is 4.90 Å². The lowest BCUT2D eigenvalue weighted by atomic mass is 9.75. The van der Waals surface area contributed by atoms with E-state index in [-0.39, 0.29) is 16.9 Å². The molecule has 1 atom stereocenters. The summed E-state index contributed by atoms with van der Waals surface area (Å²) in [6, 6.07) is 0.312. The molecule has 1 aliphatic heterocycles. The number of hydrogen-bond acceptors (Lipinski definition) is 1. The number of carbonyl (C=O) groups excluding carboxylic acids is 1. The largest absolute Gasteiger partial charge is 0.333 e. The first-order valence-corrected chi connectivity index (χ1v) is 5.16. The van der Waals surface area contributed by atoms with Crippen molar-refractivity contribution in [3.05, 3.63) is 12.7 Å². The average Bonchev–Trinajstić information content (AvgIpc) is 1.96. The molecule has 0 aromatic rings. The summed E-state index contributed by atoms with van der Waals surface area (Å²) in [5.41, 5.74) is -0.0541. The van der Waals surface area contributed by atoms with E-state index in [2.05, 4.69) is 41.2 Å². The Balaban J connectivity index is 2.86. The van der Waals surface area contributed by atoms with E-state index in [1.54, 1.807) is 0 Å². The molecule has 0 spiro atoms. The molecule has 0 radical (unpaired) electrons. The first-order chi connectivity index (χ1) is 6.20. The summed E-state index contributed by atoms with van der Waals surface area (Å²) in [6.45, 7) is 14.3. The van der Waals surface area contributed by atoms with Gasteiger partial charge in [-0.05, 0) is 20.8 Å². The summed E-state index contributed by atoms with van der Waals surface area (Å²) in [6.07, 6.45) is 2.61. The maximum atomic E-state index is 11.5. The predicted octanol–water partition coefficient (Wildman–Crippen LogP) is 2.60. The minimum absolute atomic E-state index is 0.0151. The highest BCUT2D eigenvalue weighted by atomic mass is 16.2. The third kappa shape index (κ3) is 1.70. The zero-order valence-electron chi connectivity index (χ0n) is 9.92. The summed E-state index contributed by atoms with van der Waals surface area (Å²) in [4.78, 5) is 13.5. The van der Waals surface area contributed by atoms with Crippen LogP contribution < -0.4 is 0 Å². The van der Waals surface area contributed by atoms with Crippen LogP contribution in [0.4, 0.5) is 0 Å². The van der Waals surface area contributed by atoms with Crippen molar-refractivity contribution in [2.45, 2.75) is 52.6 Å². The molecule has 1 unspecified atom stereocenters. The van der Waals surface area contributed by atoms with Gasteiger partial charge in [0.1, 0.15) is 0 Å². The predicted molar refractivity (Wildman–Crippen MR) is 59.0 cm³/mol. The van der Waals surface area contributed by atoms with Crippen LogP contribution in [-0.4, -0.2) is 22.4 Å². The van der Waals surface area contributed by atoms with Gasteiger partial charge in [0.05, 0.1) is 0 Å². The molecule has 2 nitrogen and oxygen atoms in total. The van der Waals surface area contributed by atoms with Gasteiger partial charge in [0.2, 0.25) is 5.91 Å². The first kappa shape index (κ1) is 11.3. The molecule has 1 fully saturated rings. The number of β-lactam (4-membered cyclic amide) rings is 1. The lowest BCUT2D eigenvalue weighted by Gasteiger charge is -2.54. The zero-order chi connectivity index (χ0) is 11.1. The number of carbonyl (C=O) groups is 1. The minimum atomic E-state index is -0.0692. The van der Waals surface area contributed by atoms with Crippen LogP contribution in [0.25, 0.3) is 0 Å². The summed E-state index contributed by atoms with van der Waals surface area (Å²) in [7, 11) is 0. The molecule has 1 rings (SSSR count). The number of nitrogens with zero attached hydrogens (tertiary/aromatic N) is 1. The molecule has 0 aromatic heterocycles. The van der Waals surface area contributed by atoms with Crippen LogP contribution in [0.15, 0.2) is 12.7 Å². The molecular weight excluding hydrogens is 174 g/mol. The molecule has 1 aliphatic rings. The van der Waals surface area contributed by atoms with Crippen molar-refractivity contribution in [3.63, 3.8) is 0 Å². The van der Waals surface area contributed by atoms with Gasteiger partial charge in [0.15, 0.2) is 0 Å². The lowest BCUT2D eigenvalue weighted by Crippen LogP contribution is -2.65. The van der Waals surface area contributed by atoms with Gasteiger partial charge in [0, 0.05) is 23.4 Å². The summed E-state index contributed by atoms with van der Waals surface area (Å²) < 4.78 is 0. The van der Waals surface area contributed by atoms with Crippen LogP contribution >= 0.6 is 0 Å². The van der Waals surface area contributed by atoms with Crippen molar-refractivity contribution < 1.29 is 4.79 Å². The van der Waals surface area contributed by atoms with Gasteiger partial charge < -0.3 is 4.90 Å². The minimum Gasteiger partial charge on any atom is -0.333 e. The summed E-state index contributed by atoms with van der Waals surface area (Å²) in [5.74, 6) is 0.262. The first-order valence-electron chi connectivity index (χ1n) is 5.16. The molecule has 80 valence electrons. The number of rotatable bonds is 2. The molecular formula is C12H21NO. The van der Waals surface area contributed by atoms with Gasteiger partial charge in [-0.3, -0.25) is 4.79 Å². The van der Waals surface area contributed by atoms with Crippen LogP contribution in [-0.2, 0) is 4.79 Å². The van der Waals surface area contributed by atoms with E-state index in [4.69, 9.17) is 0 Å². The Morgan fingerprint density at radius 1 is 1.36 bits per heavy atom. The standard InChI is InChI=1S/C12H21NO/c1-7-12(5,6)9-8-10(14)13(9)11(2,3)4/h7,9H,1,8H2,2-6H3. The van der Waals surface area contributed by atoms with Crippen LogP contribution in [0.1, 0.15) is 41.0 Å². The maximum Gasteiger partial charge on any atom is 0.225 e. The van der Waals surface area contributed by atoms with Crippen LogP contribution in [0.3, 0.4) is 0 Å². The van der Waals surface area contributed by atoms with Crippen molar-refractivity contribution in [3.8, 4) is 0 Å². The Morgan fingerprint density at radius 2 is 1.86 bits per heavy atom. The zero-order valence-corrected chi connectivity index (χ0v) is 9.92. The van der Waals surface area contributed by atoms with Gasteiger partial charge in [-0.2, -0.15) is 0 Å². The molecule has 0 bridgehead atoms. The Labute approximate surface area is 87.0 Å². The van der Waals surface area contributed by atoms with Gasteiger partial charge in [0.25, 0.3) is 0 Å². The molecule has 14 heavy (non-hydrogen) atoms. The average molecular weight is 195 g/mol. The van der Waals surface area contributed by atoms with Crippen LogP contribution in [0, 0.1) is 5.41 Å². The topological polar surface area (TPSA) is 20.3 Å². The van der Waals surface area contributed by atoms with Crippen molar-refractivity contribution in [2.75, 3.05) is 0 Å². The Kier molecular flexibility index (Phi) is 2.51. The molecule has 1 amide bonds. The highest BCUT2D eigenvalue weighted by molar-refractivity contribution is 5.84. The lowest BCUT2D eigenvalue weighted by molar-refractivity contribution is -0.160. The summed E-state index contributed by atoms with van der Waals surface area (Å²) in [5, 5.41) is 0. The molecule has 1 heterocycles.